The van der Waals surface area contributed by atoms with Crippen LogP contribution in [-0.2, 0) is 21.7 Å². The van der Waals surface area contributed by atoms with Crippen molar-refractivity contribution in [1.29, 1.82) is 0 Å². The molecular formula is C127H75N7O2. The summed E-state index contributed by atoms with van der Waals surface area (Å²) in [6.07, 6.45) is 7.13. The second-order valence-electron chi connectivity index (χ2n) is 36.5. The summed E-state index contributed by atoms with van der Waals surface area (Å²) >= 11 is 0. The molecule has 30 rings (SSSR count). The van der Waals surface area contributed by atoms with E-state index in [1.165, 1.54) is 117 Å². The molecule has 6 aliphatic carbocycles. The van der Waals surface area contributed by atoms with E-state index in [2.05, 4.69) is 404 Å². The summed E-state index contributed by atoms with van der Waals surface area (Å²) in [6, 6.07) is 157. The molecule has 0 fully saturated rings. The van der Waals surface area contributed by atoms with Crippen LogP contribution >= 0.6 is 0 Å². The molecule has 4 spiro atoms. The molecular weight excluding hydrogens is 1660 g/mol. The SMILES string of the molecule is c1ccc(-c2cc(-c3cccc(-c4cccc5c4-c4c(ccc6c4oc4ccccc46)C54c5ccccc5C5(c6ccccc6-c6ccccc65)c5ccccc54)c3)nc(-c3ccc4ccccc4c3)n2)cc1.c1cncc(-c2nc(-c3cccnc3)nc(-c3cccc4c3-c3c(ccc5c3oc3ccccc35)C43c4ccccc4C4(c5ccccc5-c5ccccc54)c4ccccc43)n2)c1. The second kappa shape index (κ2) is 28.9. The minimum absolute atomic E-state index is 0.535. The lowest BCUT2D eigenvalue weighted by Gasteiger charge is -2.48. The predicted molar refractivity (Wildman–Crippen MR) is 544 cm³/mol. The number of furan rings is 2. The van der Waals surface area contributed by atoms with Gasteiger partial charge < -0.3 is 8.83 Å². The smallest absolute Gasteiger partial charge is 0.165 e. The molecule has 6 aromatic heterocycles. The number of fused-ring (bicyclic) bond motifs is 41. The maximum atomic E-state index is 7.15. The van der Waals surface area contributed by atoms with Crippen LogP contribution in [0, 0.1) is 0 Å². The average molecular weight is 1730 g/mol. The Bertz CT molecular complexity index is 8980. The van der Waals surface area contributed by atoms with Crippen molar-refractivity contribution in [3.8, 4) is 124 Å². The number of aromatic nitrogens is 7. The highest BCUT2D eigenvalue weighted by Gasteiger charge is 2.62. The van der Waals surface area contributed by atoms with Crippen molar-refractivity contribution in [2.45, 2.75) is 21.7 Å². The molecule has 0 N–H and O–H groups in total. The molecule has 9 heteroatoms. The van der Waals surface area contributed by atoms with Crippen LogP contribution in [0.5, 0.6) is 0 Å². The minimum Gasteiger partial charge on any atom is -0.455 e. The van der Waals surface area contributed by atoms with Gasteiger partial charge in [-0.05, 0) is 193 Å². The third-order valence-electron chi connectivity index (χ3n) is 30.2. The van der Waals surface area contributed by atoms with Crippen LogP contribution in [0.1, 0.15) is 89.0 Å². The lowest BCUT2D eigenvalue weighted by atomic mass is 9.52. The zero-order valence-electron chi connectivity index (χ0n) is 73.2. The van der Waals surface area contributed by atoms with Gasteiger partial charge in [0.2, 0.25) is 0 Å². The molecule has 6 aliphatic rings. The van der Waals surface area contributed by atoms with Crippen molar-refractivity contribution < 1.29 is 8.83 Å². The lowest BCUT2D eigenvalue weighted by Crippen LogP contribution is -2.43. The Hall–Kier alpha value is -17.8. The molecule has 0 radical (unpaired) electrons. The third kappa shape index (κ3) is 10.2. The molecule has 630 valence electrons. The third-order valence-corrected chi connectivity index (χ3v) is 30.2. The Morgan fingerprint density at radius 2 is 0.515 bits per heavy atom. The number of para-hydroxylation sites is 2. The van der Waals surface area contributed by atoms with E-state index in [1.807, 2.05) is 36.4 Å². The highest BCUT2D eigenvalue weighted by Crippen LogP contribution is 2.72. The van der Waals surface area contributed by atoms with Gasteiger partial charge in [-0.2, -0.15) is 0 Å². The minimum atomic E-state index is -0.746. The van der Waals surface area contributed by atoms with Gasteiger partial charge in [0.15, 0.2) is 23.3 Å². The highest BCUT2D eigenvalue weighted by atomic mass is 16.3. The molecule has 0 aliphatic heterocycles. The van der Waals surface area contributed by atoms with E-state index in [1.54, 1.807) is 24.8 Å². The number of nitrogens with zero attached hydrogens (tertiary/aromatic N) is 7. The number of hydrogen-bond donors (Lipinski definition) is 0. The fourth-order valence-corrected chi connectivity index (χ4v) is 25.0. The van der Waals surface area contributed by atoms with Crippen LogP contribution in [-0.4, -0.2) is 34.9 Å². The van der Waals surface area contributed by atoms with Crippen LogP contribution in [0.4, 0.5) is 0 Å². The van der Waals surface area contributed by atoms with Crippen LogP contribution in [0.25, 0.3) is 178 Å². The average Bonchev–Trinajstić information content (AvgIpc) is 1.47. The van der Waals surface area contributed by atoms with Crippen LogP contribution < -0.4 is 0 Å². The van der Waals surface area contributed by atoms with Crippen molar-refractivity contribution >= 4 is 54.6 Å². The Labute approximate surface area is 782 Å². The summed E-state index contributed by atoms with van der Waals surface area (Å²) in [5.41, 5.74) is 40.3. The Morgan fingerprint density at radius 3 is 0.985 bits per heavy atom. The molecule has 136 heavy (non-hydrogen) atoms. The summed E-state index contributed by atoms with van der Waals surface area (Å²) in [5, 5.41) is 6.72. The molecule has 9 nitrogen and oxygen atoms in total. The van der Waals surface area contributed by atoms with E-state index in [0.29, 0.717) is 23.3 Å². The van der Waals surface area contributed by atoms with E-state index in [9.17, 15) is 0 Å². The van der Waals surface area contributed by atoms with Gasteiger partial charge in [-0.15, -0.1) is 0 Å². The van der Waals surface area contributed by atoms with E-state index < -0.39 is 21.7 Å². The fourth-order valence-electron chi connectivity index (χ4n) is 25.0. The monoisotopic (exact) mass is 1730 g/mol. The predicted octanol–water partition coefficient (Wildman–Crippen LogP) is 29.8. The topological polar surface area (TPSA) is 117 Å². The highest BCUT2D eigenvalue weighted by molar-refractivity contribution is 6.17. The first-order chi connectivity index (χ1) is 67.4. The van der Waals surface area contributed by atoms with E-state index in [4.69, 9.17) is 33.8 Å². The van der Waals surface area contributed by atoms with Crippen LogP contribution in [0.3, 0.4) is 0 Å². The van der Waals surface area contributed by atoms with Gasteiger partial charge in [-0.25, -0.2) is 24.9 Å². The zero-order chi connectivity index (χ0) is 89.1. The Kier molecular flexibility index (Phi) is 16.1. The maximum absolute atomic E-state index is 7.15. The largest absolute Gasteiger partial charge is 0.455 e. The number of rotatable bonds is 7. The van der Waals surface area contributed by atoms with Gasteiger partial charge >= 0.3 is 0 Å². The van der Waals surface area contributed by atoms with Crippen molar-refractivity contribution in [2.75, 3.05) is 0 Å². The van der Waals surface area contributed by atoms with Crippen LogP contribution in [0.2, 0.25) is 0 Å². The summed E-state index contributed by atoms with van der Waals surface area (Å²) in [4.78, 5) is 35.1. The molecule has 0 saturated carbocycles. The summed E-state index contributed by atoms with van der Waals surface area (Å²) < 4.78 is 14.2. The molecule has 0 amide bonds. The van der Waals surface area contributed by atoms with E-state index in [-0.39, 0.29) is 0 Å². The number of hydrogen-bond acceptors (Lipinski definition) is 9. The summed E-state index contributed by atoms with van der Waals surface area (Å²) in [6.45, 7) is 0. The molecule has 0 bridgehead atoms. The van der Waals surface area contributed by atoms with Gasteiger partial charge in [-0.3, -0.25) is 9.97 Å². The van der Waals surface area contributed by atoms with Gasteiger partial charge in [-0.1, -0.05) is 376 Å². The second-order valence-corrected chi connectivity index (χ2v) is 36.5. The summed E-state index contributed by atoms with van der Waals surface area (Å²) in [5.74, 6) is 2.32. The Balaban J connectivity index is 0.000000133. The van der Waals surface area contributed by atoms with Crippen molar-refractivity contribution in [2.24, 2.45) is 0 Å². The standard InChI is InChI=1S/C70H42N2O.C57H33N5O/c1-2-19-44(20-3-1)62-42-63(72-68(71-62)48-37-36-43-18-4-5-21-45(43)40-48)47-23-16-22-46(41-47)49-27-17-34-60-65(49)66-61(39-38-53-52-26-8-15-35-64(52)73-67(53)66)70(60)58-32-13-11-30-56(58)69(57-31-12-14-33-59(57)70)54-28-9-6-24-50(54)51-25-7-10-29-55(51)69;1-4-20-41-36(16-1)37-17-2-5-21-42(37)56(41)43-22-6-8-24-45(43)57(46-25-9-7-23-44(46)56)47-26-11-19-40(50(47)51-48(57)29-28-39-38-18-3-10-27-49(38)63-52(39)51)55-61-53(34-14-12-30-58-32-34)60-54(62-55)35-15-13-31-59-33-35/h1-42H;1-33H. The summed E-state index contributed by atoms with van der Waals surface area (Å²) in [7, 11) is 0. The first-order valence-corrected chi connectivity index (χ1v) is 46.5. The normalized spacial score (nSPS) is 14.1. The zero-order valence-corrected chi connectivity index (χ0v) is 73.2. The van der Waals surface area contributed by atoms with Gasteiger partial charge in [0, 0.05) is 96.4 Å². The molecule has 0 atom stereocenters. The maximum Gasteiger partial charge on any atom is 0.165 e. The molecule has 24 aromatic rings. The molecule has 18 aromatic carbocycles. The van der Waals surface area contributed by atoms with Crippen LogP contribution in [0.15, 0.2) is 464 Å². The van der Waals surface area contributed by atoms with E-state index >= 15 is 0 Å². The van der Waals surface area contributed by atoms with Gasteiger partial charge in [0.05, 0.1) is 33.0 Å². The van der Waals surface area contributed by atoms with Gasteiger partial charge in [0.1, 0.15) is 22.3 Å². The van der Waals surface area contributed by atoms with Gasteiger partial charge in [0.25, 0.3) is 0 Å². The van der Waals surface area contributed by atoms with Crippen molar-refractivity contribution in [1.82, 2.24) is 34.9 Å². The number of pyridine rings is 2. The fraction of sp³-hybridized carbons (Fsp3) is 0.0315. The lowest BCUT2D eigenvalue weighted by molar-refractivity contribution is 0.631. The van der Waals surface area contributed by atoms with Crippen molar-refractivity contribution in [3.63, 3.8) is 0 Å². The molecule has 0 saturated heterocycles. The van der Waals surface area contributed by atoms with Crippen molar-refractivity contribution in [3.05, 3.63) is 545 Å². The Morgan fingerprint density at radius 1 is 0.176 bits per heavy atom. The first kappa shape index (κ1) is 76.0. The van der Waals surface area contributed by atoms with E-state index in [0.717, 1.165) is 127 Å². The molecule has 0 unspecified atom stereocenters. The first-order valence-electron chi connectivity index (χ1n) is 46.5. The number of benzene rings is 18. The quantitative estimate of drug-likeness (QED) is 0.154. The molecule has 6 heterocycles.